The summed E-state index contributed by atoms with van der Waals surface area (Å²) in [5, 5.41) is 2.92. The summed E-state index contributed by atoms with van der Waals surface area (Å²) in [6.07, 6.45) is 2.15. The van der Waals surface area contributed by atoms with Gasteiger partial charge in [-0.2, -0.15) is 0 Å². The first kappa shape index (κ1) is 14.0. The van der Waals surface area contributed by atoms with Gasteiger partial charge in [0.15, 0.2) is 0 Å². The lowest BCUT2D eigenvalue weighted by molar-refractivity contribution is 0.0943. The number of halogens is 1. The number of amides is 1. The second kappa shape index (κ2) is 5.70. The lowest BCUT2D eigenvalue weighted by Gasteiger charge is -2.14. The zero-order valence-corrected chi connectivity index (χ0v) is 11.9. The maximum atomic E-state index is 12.2. The number of carbonyl (C=O) groups excluding carboxylic acids is 1. The Morgan fingerprint density at radius 1 is 1.37 bits per heavy atom. The summed E-state index contributed by atoms with van der Waals surface area (Å²) in [5.74, 6) is 1.59. The number of hydrogen-bond acceptors (Lipinski definition) is 3. The van der Waals surface area contributed by atoms with E-state index in [2.05, 4.69) is 5.32 Å². The number of hydrogen-bond donors (Lipinski definition) is 1. The number of alkyl halides is 1. The molecule has 0 unspecified atom stereocenters. The molecule has 1 aliphatic rings. The predicted molar refractivity (Wildman–Crippen MR) is 74.3 cm³/mol. The Morgan fingerprint density at radius 3 is 2.63 bits per heavy atom. The smallest absolute Gasteiger partial charge is 0.255 e. The molecule has 0 bridgehead atoms. The molecule has 0 saturated heterocycles. The van der Waals surface area contributed by atoms with Crippen LogP contribution in [0.2, 0.25) is 0 Å². The Morgan fingerprint density at radius 2 is 2.11 bits per heavy atom. The van der Waals surface area contributed by atoms with Crippen molar-refractivity contribution in [2.24, 2.45) is 5.41 Å². The van der Waals surface area contributed by atoms with Crippen molar-refractivity contribution in [3.05, 3.63) is 23.8 Å². The molecule has 4 nitrogen and oxygen atoms in total. The van der Waals surface area contributed by atoms with Crippen LogP contribution in [0.5, 0.6) is 11.5 Å². The largest absolute Gasteiger partial charge is 0.497 e. The minimum atomic E-state index is -0.160. The first-order valence-corrected chi connectivity index (χ1v) is 6.74. The lowest BCUT2D eigenvalue weighted by Crippen LogP contribution is -2.31. The van der Waals surface area contributed by atoms with Crippen LogP contribution < -0.4 is 14.8 Å². The van der Waals surface area contributed by atoms with Gasteiger partial charge in [-0.3, -0.25) is 4.79 Å². The van der Waals surface area contributed by atoms with Crippen LogP contribution in [0.4, 0.5) is 0 Å². The first-order chi connectivity index (χ1) is 9.14. The van der Waals surface area contributed by atoms with Crippen LogP contribution >= 0.6 is 11.6 Å². The van der Waals surface area contributed by atoms with Crippen LogP contribution in [0.1, 0.15) is 23.2 Å². The summed E-state index contributed by atoms with van der Waals surface area (Å²) in [6, 6.07) is 5.16. The van der Waals surface area contributed by atoms with Gasteiger partial charge < -0.3 is 14.8 Å². The Hall–Kier alpha value is -1.42. The summed E-state index contributed by atoms with van der Waals surface area (Å²) < 4.78 is 10.3. The number of ether oxygens (including phenoxy) is 2. The van der Waals surface area contributed by atoms with Crippen LogP contribution in [-0.2, 0) is 0 Å². The minimum Gasteiger partial charge on any atom is -0.497 e. The molecule has 1 aliphatic carbocycles. The van der Waals surface area contributed by atoms with E-state index in [0.717, 1.165) is 12.8 Å². The maximum absolute atomic E-state index is 12.2. The minimum absolute atomic E-state index is 0.101. The number of benzene rings is 1. The van der Waals surface area contributed by atoms with Crippen molar-refractivity contribution in [1.29, 1.82) is 0 Å². The fraction of sp³-hybridized carbons (Fsp3) is 0.500. The molecule has 5 heteroatoms. The molecule has 2 rings (SSSR count). The Labute approximate surface area is 118 Å². The van der Waals surface area contributed by atoms with Gasteiger partial charge in [-0.1, -0.05) is 0 Å². The first-order valence-electron chi connectivity index (χ1n) is 6.20. The Kier molecular flexibility index (Phi) is 4.20. The average Bonchev–Trinajstić information content (AvgIpc) is 3.24. The molecule has 1 aromatic rings. The molecule has 0 aromatic heterocycles. The maximum Gasteiger partial charge on any atom is 0.255 e. The van der Waals surface area contributed by atoms with Crippen LogP contribution in [0.15, 0.2) is 18.2 Å². The van der Waals surface area contributed by atoms with E-state index < -0.39 is 0 Å². The molecule has 0 heterocycles. The monoisotopic (exact) mass is 283 g/mol. The molecule has 1 aromatic carbocycles. The van der Waals surface area contributed by atoms with Crippen molar-refractivity contribution in [3.8, 4) is 11.5 Å². The van der Waals surface area contributed by atoms with Crippen molar-refractivity contribution >= 4 is 17.5 Å². The molecule has 1 amide bonds. The van der Waals surface area contributed by atoms with Crippen molar-refractivity contribution in [1.82, 2.24) is 5.32 Å². The van der Waals surface area contributed by atoms with Gasteiger partial charge in [-0.05, 0) is 31.0 Å². The average molecular weight is 284 g/mol. The highest BCUT2D eigenvalue weighted by molar-refractivity contribution is 6.18. The van der Waals surface area contributed by atoms with E-state index in [9.17, 15) is 4.79 Å². The standard InChI is InChI=1S/C14H18ClNO3/c1-18-10-3-4-12(19-2)11(7-10)13(17)16-9-14(8-15)5-6-14/h3-4,7H,5-6,8-9H2,1-2H3,(H,16,17). The van der Waals surface area contributed by atoms with Gasteiger partial charge in [0.1, 0.15) is 11.5 Å². The second-order valence-electron chi connectivity index (χ2n) is 4.88. The van der Waals surface area contributed by atoms with Gasteiger partial charge >= 0.3 is 0 Å². The molecule has 1 N–H and O–H groups in total. The third-order valence-corrected chi connectivity index (χ3v) is 4.08. The SMILES string of the molecule is COc1ccc(OC)c(C(=O)NCC2(CCl)CC2)c1. The highest BCUT2D eigenvalue weighted by Gasteiger charge is 2.41. The van der Waals surface area contributed by atoms with Crippen LogP contribution in [-0.4, -0.2) is 32.6 Å². The lowest BCUT2D eigenvalue weighted by atomic mass is 10.1. The van der Waals surface area contributed by atoms with Gasteiger partial charge in [0.05, 0.1) is 19.8 Å². The summed E-state index contributed by atoms with van der Waals surface area (Å²) in [5.41, 5.74) is 0.579. The van der Waals surface area contributed by atoms with E-state index in [0.29, 0.717) is 29.5 Å². The summed E-state index contributed by atoms with van der Waals surface area (Å²) in [6.45, 7) is 0.607. The van der Waals surface area contributed by atoms with E-state index in [-0.39, 0.29) is 11.3 Å². The third-order valence-electron chi connectivity index (χ3n) is 3.52. The van der Waals surface area contributed by atoms with E-state index >= 15 is 0 Å². The Balaban J connectivity index is 2.08. The highest BCUT2D eigenvalue weighted by atomic mass is 35.5. The highest BCUT2D eigenvalue weighted by Crippen LogP contribution is 2.45. The number of methoxy groups -OCH3 is 2. The molecule has 0 atom stereocenters. The molecular formula is C14H18ClNO3. The zero-order chi connectivity index (χ0) is 13.9. The molecule has 1 fully saturated rings. The van der Waals surface area contributed by atoms with Crippen LogP contribution in [0, 0.1) is 5.41 Å². The van der Waals surface area contributed by atoms with Crippen molar-refractivity contribution in [2.45, 2.75) is 12.8 Å². The predicted octanol–water partition coefficient (Wildman–Crippen LogP) is 2.45. The summed E-state index contributed by atoms with van der Waals surface area (Å²) >= 11 is 5.90. The number of carbonyl (C=O) groups is 1. The van der Waals surface area contributed by atoms with Crippen molar-refractivity contribution in [2.75, 3.05) is 26.6 Å². The van der Waals surface area contributed by atoms with Crippen LogP contribution in [0.25, 0.3) is 0 Å². The van der Waals surface area contributed by atoms with Gasteiger partial charge in [0.2, 0.25) is 0 Å². The van der Waals surface area contributed by atoms with Crippen molar-refractivity contribution in [3.63, 3.8) is 0 Å². The van der Waals surface area contributed by atoms with E-state index in [1.165, 1.54) is 0 Å². The number of nitrogens with one attached hydrogen (secondary N) is 1. The topological polar surface area (TPSA) is 47.6 Å². The normalized spacial score (nSPS) is 15.7. The summed E-state index contributed by atoms with van der Waals surface area (Å²) in [4.78, 5) is 12.2. The molecule has 19 heavy (non-hydrogen) atoms. The molecule has 0 spiro atoms. The Bertz CT molecular complexity index is 472. The third kappa shape index (κ3) is 3.13. The van der Waals surface area contributed by atoms with Gasteiger partial charge in [0.25, 0.3) is 5.91 Å². The quantitative estimate of drug-likeness (QED) is 0.816. The fourth-order valence-corrected chi connectivity index (χ4v) is 2.25. The van der Waals surface area contributed by atoms with Gasteiger partial charge in [-0.15, -0.1) is 11.6 Å². The molecule has 104 valence electrons. The molecule has 1 saturated carbocycles. The van der Waals surface area contributed by atoms with Gasteiger partial charge in [0, 0.05) is 17.8 Å². The van der Waals surface area contributed by atoms with E-state index in [1.54, 1.807) is 32.4 Å². The van der Waals surface area contributed by atoms with Crippen molar-refractivity contribution < 1.29 is 14.3 Å². The molecule has 0 aliphatic heterocycles. The molecular weight excluding hydrogens is 266 g/mol. The number of rotatable bonds is 6. The fourth-order valence-electron chi connectivity index (χ4n) is 1.89. The van der Waals surface area contributed by atoms with E-state index in [1.807, 2.05) is 0 Å². The van der Waals surface area contributed by atoms with E-state index in [4.69, 9.17) is 21.1 Å². The molecule has 0 radical (unpaired) electrons. The van der Waals surface area contributed by atoms with Gasteiger partial charge in [-0.25, -0.2) is 0 Å². The zero-order valence-electron chi connectivity index (χ0n) is 11.2. The van der Waals surface area contributed by atoms with Crippen LogP contribution in [0.3, 0.4) is 0 Å². The summed E-state index contributed by atoms with van der Waals surface area (Å²) in [7, 11) is 3.11. The second-order valence-corrected chi connectivity index (χ2v) is 5.15.